The fraction of sp³-hybridized carbons (Fsp3) is 0.273. The van der Waals surface area contributed by atoms with E-state index in [0.717, 1.165) is 12.1 Å². The van der Waals surface area contributed by atoms with Gasteiger partial charge in [-0.15, -0.1) is 0 Å². The minimum atomic E-state index is -0.799. The topological polar surface area (TPSA) is 34.4 Å². The molecule has 2 aromatic heterocycles. The van der Waals surface area contributed by atoms with Crippen LogP contribution < -0.4 is 0 Å². The lowest BCUT2D eigenvalue weighted by Gasteiger charge is -2.10. The molecule has 0 amide bonds. The molecular weight excluding hydrogens is 210 g/mol. The highest BCUT2D eigenvalue weighted by Gasteiger charge is 2.06. The van der Waals surface area contributed by atoms with Gasteiger partial charge in [-0.2, -0.15) is 11.3 Å². The van der Waals surface area contributed by atoms with Crippen LogP contribution in [0.15, 0.2) is 41.4 Å². The van der Waals surface area contributed by atoms with Crippen LogP contribution in [0.2, 0.25) is 0 Å². The zero-order valence-electron chi connectivity index (χ0n) is 8.24. The van der Waals surface area contributed by atoms with E-state index in [0.29, 0.717) is 6.61 Å². The summed E-state index contributed by atoms with van der Waals surface area (Å²) >= 11 is 1.55. The Balaban J connectivity index is 1.74. The molecule has 2 rings (SSSR count). The zero-order valence-corrected chi connectivity index (χ0v) is 9.06. The molecule has 0 saturated carbocycles. The van der Waals surface area contributed by atoms with Gasteiger partial charge in [0.25, 0.3) is 0 Å². The van der Waals surface area contributed by atoms with Crippen LogP contribution in [0.4, 0.5) is 0 Å². The maximum atomic E-state index is 9.61. The van der Waals surface area contributed by atoms with E-state index >= 15 is 0 Å². The van der Waals surface area contributed by atoms with E-state index in [9.17, 15) is 5.11 Å². The standard InChI is InChI=1S/C11H13NO2S/c13-11(10-3-8-15-9-10)14-7-6-12-4-1-2-5-12/h1-5,8-9,11,13H,6-7H2. The summed E-state index contributed by atoms with van der Waals surface area (Å²) in [7, 11) is 0. The summed E-state index contributed by atoms with van der Waals surface area (Å²) in [5.41, 5.74) is 0.826. The number of aromatic nitrogens is 1. The molecule has 4 heteroatoms. The van der Waals surface area contributed by atoms with Gasteiger partial charge in [-0.05, 0) is 29.0 Å². The zero-order chi connectivity index (χ0) is 10.5. The summed E-state index contributed by atoms with van der Waals surface area (Å²) in [5, 5.41) is 13.4. The van der Waals surface area contributed by atoms with Crippen LogP contribution in [0, 0.1) is 0 Å². The van der Waals surface area contributed by atoms with Crippen LogP contribution in [-0.4, -0.2) is 16.3 Å². The molecule has 15 heavy (non-hydrogen) atoms. The Hall–Kier alpha value is -1.10. The van der Waals surface area contributed by atoms with Gasteiger partial charge in [0.15, 0.2) is 6.29 Å². The lowest BCUT2D eigenvalue weighted by Crippen LogP contribution is -2.08. The molecule has 2 heterocycles. The van der Waals surface area contributed by atoms with Crippen molar-refractivity contribution in [2.45, 2.75) is 12.8 Å². The quantitative estimate of drug-likeness (QED) is 0.789. The van der Waals surface area contributed by atoms with Crippen molar-refractivity contribution in [2.24, 2.45) is 0 Å². The van der Waals surface area contributed by atoms with Gasteiger partial charge >= 0.3 is 0 Å². The Bertz CT molecular complexity index is 369. The number of thiophene rings is 1. The third-order valence-electron chi connectivity index (χ3n) is 2.12. The van der Waals surface area contributed by atoms with Gasteiger partial charge < -0.3 is 14.4 Å². The van der Waals surface area contributed by atoms with E-state index in [-0.39, 0.29) is 0 Å². The SMILES string of the molecule is OC(OCCn1cccc1)c1ccsc1. The van der Waals surface area contributed by atoms with Crippen LogP contribution in [0.3, 0.4) is 0 Å². The fourth-order valence-corrected chi connectivity index (χ4v) is 1.97. The van der Waals surface area contributed by atoms with Crippen molar-refractivity contribution < 1.29 is 9.84 Å². The molecule has 0 radical (unpaired) electrons. The molecule has 0 bridgehead atoms. The van der Waals surface area contributed by atoms with E-state index < -0.39 is 6.29 Å². The Labute approximate surface area is 92.6 Å². The predicted molar refractivity (Wildman–Crippen MR) is 59.7 cm³/mol. The molecule has 1 atom stereocenters. The third-order valence-corrected chi connectivity index (χ3v) is 2.82. The van der Waals surface area contributed by atoms with Gasteiger partial charge in [0.05, 0.1) is 6.61 Å². The minimum absolute atomic E-state index is 0.506. The second-order valence-electron chi connectivity index (χ2n) is 3.20. The molecule has 3 nitrogen and oxygen atoms in total. The molecule has 0 aliphatic heterocycles. The van der Waals surface area contributed by atoms with E-state index in [1.165, 1.54) is 0 Å². The molecule has 2 aromatic rings. The number of hydrogen-bond donors (Lipinski definition) is 1. The highest BCUT2D eigenvalue weighted by Crippen LogP contribution is 2.16. The molecule has 1 N–H and O–H groups in total. The average molecular weight is 223 g/mol. The van der Waals surface area contributed by atoms with Crippen molar-refractivity contribution in [2.75, 3.05) is 6.61 Å². The highest BCUT2D eigenvalue weighted by molar-refractivity contribution is 7.07. The summed E-state index contributed by atoms with van der Waals surface area (Å²) in [5.74, 6) is 0. The molecule has 0 saturated heterocycles. The maximum absolute atomic E-state index is 9.61. The van der Waals surface area contributed by atoms with E-state index in [1.807, 2.05) is 45.9 Å². The molecule has 0 fully saturated rings. The third kappa shape index (κ3) is 2.92. The summed E-state index contributed by atoms with van der Waals surface area (Å²) in [6, 6.07) is 5.80. The Morgan fingerprint density at radius 1 is 1.40 bits per heavy atom. The largest absolute Gasteiger partial charge is 0.364 e. The lowest BCUT2D eigenvalue weighted by molar-refractivity contribution is -0.104. The molecule has 0 aliphatic carbocycles. The molecule has 80 valence electrons. The lowest BCUT2D eigenvalue weighted by atomic mass is 10.3. The van der Waals surface area contributed by atoms with Crippen molar-refractivity contribution in [3.05, 3.63) is 46.9 Å². The monoisotopic (exact) mass is 223 g/mol. The first-order valence-corrected chi connectivity index (χ1v) is 5.73. The van der Waals surface area contributed by atoms with Gasteiger partial charge in [-0.3, -0.25) is 0 Å². The summed E-state index contributed by atoms with van der Waals surface area (Å²) in [4.78, 5) is 0. The van der Waals surface area contributed by atoms with E-state index in [4.69, 9.17) is 4.74 Å². The van der Waals surface area contributed by atoms with Gasteiger partial charge in [0, 0.05) is 24.5 Å². The number of hydrogen-bond acceptors (Lipinski definition) is 3. The van der Waals surface area contributed by atoms with Crippen molar-refractivity contribution in [3.8, 4) is 0 Å². The first-order valence-electron chi connectivity index (χ1n) is 4.79. The van der Waals surface area contributed by atoms with Gasteiger partial charge in [0.2, 0.25) is 0 Å². The Kier molecular flexibility index (Phi) is 3.55. The smallest absolute Gasteiger partial charge is 0.182 e. The second-order valence-corrected chi connectivity index (χ2v) is 3.98. The fourth-order valence-electron chi connectivity index (χ4n) is 1.30. The number of aliphatic hydroxyl groups is 1. The number of nitrogens with zero attached hydrogens (tertiary/aromatic N) is 1. The molecule has 0 spiro atoms. The Morgan fingerprint density at radius 2 is 2.20 bits per heavy atom. The molecular formula is C11H13NO2S. The Morgan fingerprint density at radius 3 is 2.87 bits per heavy atom. The minimum Gasteiger partial charge on any atom is -0.364 e. The van der Waals surface area contributed by atoms with E-state index in [2.05, 4.69) is 0 Å². The predicted octanol–water partition coefficient (Wildman–Crippen LogP) is 2.26. The number of aliphatic hydroxyl groups excluding tert-OH is 1. The van der Waals surface area contributed by atoms with Crippen LogP contribution in [0.5, 0.6) is 0 Å². The molecule has 0 aliphatic rings. The van der Waals surface area contributed by atoms with Crippen molar-refractivity contribution in [1.29, 1.82) is 0 Å². The summed E-state index contributed by atoms with van der Waals surface area (Å²) < 4.78 is 7.32. The van der Waals surface area contributed by atoms with Crippen LogP contribution in [-0.2, 0) is 11.3 Å². The van der Waals surface area contributed by atoms with Crippen molar-refractivity contribution in [3.63, 3.8) is 0 Å². The van der Waals surface area contributed by atoms with Crippen LogP contribution in [0.1, 0.15) is 11.9 Å². The first-order chi connectivity index (χ1) is 7.36. The van der Waals surface area contributed by atoms with Crippen molar-refractivity contribution >= 4 is 11.3 Å². The second kappa shape index (κ2) is 5.11. The maximum Gasteiger partial charge on any atom is 0.182 e. The summed E-state index contributed by atoms with van der Waals surface area (Å²) in [6.07, 6.45) is 3.15. The van der Waals surface area contributed by atoms with E-state index in [1.54, 1.807) is 11.3 Å². The summed E-state index contributed by atoms with van der Waals surface area (Å²) in [6.45, 7) is 1.26. The average Bonchev–Trinajstić information content (AvgIpc) is 2.90. The molecule has 0 aromatic carbocycles. The number of rotatable bonds is 5. The van der Waals surface area contributed by atoms with Crippen LogP contribution in [0.25, 0.3) is 0 Å². The first kappa shape index (κ1) is 10.4. The van der Waals surface area contributed by atoms with Gasteiger partial charge in [-0.1, -0.05) is 0 Å². The van der Waals surface area contributed by atoms with Crippen LogP contribution >= 0.6 is 11.3 Å². The van der Waals surface area contributed by atoms with Gasteiger partial charge in [0.1, 0.15) is 0 Å². The van der Waals surface area contributed by atoms with Crippen molar-refractivity contribution in [1.82, 2.24) is 4.57 Å². The number of ether oxygens (including phenoxy) is 1. The molecule has 1 unspecified atom stereocenters. The highest BCUT2D eigenvalue weighted by atomic mass is 32.1. The normalized spacial score (nSPS) is 12.9. The van der Waals surface area contributed by atoms with Gasteiger partial charge in [-0.25, -0.2) is 0 Å².